The highest BCUT2D eigenvalue weighted by Crippen LogP contribution is 2.22. The zero-order valence-electron chi connectivity index (χ0n) is 10.3. The zero-order valence-corrected chi connectivity index (χ0v) is 10.3. The van der Waals surface area contributed by atoms with Gasteiger partial charge in [0.25, 0.3) is 5.69 Å². The van der Waals surface area contributed by atoms with E-state index in [9.17, 15) is 10.1 Å². The molecule has 0 aliphatic heterocycles. The zero-order chi connectivity index (χ0) is 13.8. The lowest BCUT2D eigenvalue weighted by atomic mass is 10.2. The Labute approximate surface area is 109 Å². The van der Waals surface area contributed by atoms with Crippen LogP contribution in [0.3, 0.4) is 0 Å². The third-order valence-corrected chi connectivity index (χ3v) is 2.69. The molecule has 0 aliphatic rings. The van der Waals surface area contributed by atoms with Gasteiger partial charge >= 0.3 is 0 Å². The van der Waals surface area contributed by atoms with E-state index in [0.717, 1.165) is 5.69 Å². The van der Waals surface area contributed by atoms with Gasteiger partial charge in [-0.2, -0.15) is 0 Å². The number of nitro groups is 1. The van der Waals surface area contributed by atoms with Crippen molar-refractivity contribution in [3.8, 4) is 5.75 Å². The van der Waals surface area contributed by atoms with E-state index >= 15 is 0 Å². The molecule has 0 fully saturated rings. The van der Waals surface area contributed by atoms with Gasteiger partial charge in [0, 0.05) is 17.3 Å². The van der Waals surface area contributed by atoms with E-state index < -0.39 is 4.92 Å². The van der Waals surface area contributed by atoms with Crippen molar-refractivity contribution in [2.24, 2.45) is 0 Å². The molecule has 0 unspecified atom stereocenters. The van der Waals surface area contributed by atoms with Crippen LogP contribution in [0, 0.1) is 17.0 Å². The molecule has 0 spiro atoms. The second-order valence-corrected chi connectivity index (χ2v) is 4.12. The van der Waals surface area contributed by atoms with Gasteiger partial charge in [0.1, 0.15) is 5.75 Å². The predicted molar refractivity (Wildman–Crippen MR) is 71.1 cm³/mol. The predicted octanol–water partition coefficient (Wildman–Crippen LogP) is 2.62. The molecule has 0 atom stereocenters. The maximum absolute atomic E-state index is 10.8. The molecule has 0 bridgehead atoms. The standard InChI is InChI=1S/C13H13N3O3/c1-9-2-3-10(6-13(9)16(18)19)14-7-11-4-5-12(17)8-15-11/h2-6,8,14,17H,7H2,1H3. The number of aromatic hydroxyl groups is 1. The molecule has 98 valence electrons. The second-order valence-electron chi connectivity index (χ2n) is 4.12. The number of rotatable bonds is 4. The Balaban J connectivity index is 2.09. The SMILES string of the molecule is Cc1ccc(NCc2ccc(O)cn2)cc1[N+](=O)[O-]. The number of nitrogens with one attached hydrogen (secondary N) is 1. The maximum atomic E-state index is 10.8. The number of aryl methyl sites for hydroxylation is 1. The molecule has 0 aliphatic carbocycles. The first-order valence-electron chi connectivity index (χ1n) is 5.69. The number of hydrogen-bond acceptors (Lipinski definition) is 5. The monoisotopic (exact) mass is 259 g/mol. The van der Waals surface area contributed by atoms with E-state index in [2.05, 4.69) is 10.3 Å². The Morgan fingerprint density at radius 2 is 2.16 bits per heavy atom. The van der Waals surface area contributed by atoms with Crippen LogP contribution in [0.4, 0.5) is 11.4 Å². The third kappa shape index (κ3) is 3.19. The first-order valence-corrected chi connectivity index (χ1v) is 5.69. The number of hydrogen-bond donors (Lipinski definition) is 2. The van der Waals surface area contributed by atoms with Crippen LogP contribution < -0.4 is 5.32 Å². The molecule has 1 aromatic heterocycles. The van der Waals surface area contributed by atoms with E-state index in [0.29, 0.717) is 17.8 Å². The van der Waals surface area contributed by atoms with Crippen molar-refractivity contribution in [2.75, 3.05) is 5.32 Å². The van der Waals surface area contributed by atoms with Crippen molar-refractivity contribution in [3.05, 3.63) is 57.9 Å². The summed E-state index contributed by atoms with van der Waals surface area (Å²) in [4.78, 5) is 14.4. The number of benzene rings is 1. The Kier molecular flexibility index (Phi) is 3.61. The summed E-state index contributed by atoms with van der Waals surface area (Å²) in [7, 11) is 0. The molecule has 6 nitrogen and oxygen atoms in total. The van der Waals surface area contributed by atoms with Crippen molar-refractivity contribution in [3.63, 3.8) is 0 Å². The lowest BCUT2D eigenvalue weighted by Crippen LogP contribution is -2.02. The van der Waals surface area contributed by atoms with Crippen LogP contribution in [0.5, 0.6) is 5.75 Å². The van der Waals surface area contributed by atoms with Gasteiger partial charge in [-0.25, -0.2) is 0 Å². The molecule has 0 amide bonds. The normalized spacial score (nSPS) is 10.2. The quantitative estimate of drug-likeness (QED) is 0.650. The molecule has 0 saturated heterocycles. The summed E-state index contributed by atoms with van der Waals surface area (Å²) in [6.45, 7) is 2.13. The van der Waals surface area contributed by atoms with Crippen molar-refractivity contribution in [1.29, 1.82) is 0 Å². The Morgan fingerprint density at radius 3 is 2.79 bits per heavy atom. The number of anilines is 1. The lowest BCUT2D eigenvalue weighted by molar-refractivity contribution is -0.385. The summed E-state index contributed by atoms with van der Waals surface area (Å²) < 4.78 is 0. The van der Waals surface area contributed by atoms with Crippen molar-refractivity contribution in [1.82, 2.24) is 4.98 Å². The van der Waals surface area contributed by atoms with Gasteiger partial charge in [-0.1, -0.05) is 6.07 Å². The topological polar surface area (TPSA) is 88.3 Å². The molecule has 0 radical (unpaired) electrons. The van der Waals surface area contributed by atoms with E-state index in [4.69, 9.17) is 5.11 Å². The number of nitro benzene ring substituents is 1. The highest BCUT2D eigenvalue weighted by atomic mass is 16.6. The van der Waals surface area contributed by atoms with Gasteiger partial charge in [-0.3, -0.25) is 15.1 Å². The highest BCUT2D eigenvalue weighted by Gasteiger charge is 2.10. The van der Waals surface area contributed by atoms with Crippen LogP contribution in [-0.4, -0.2) is 15.0 Å². The minimum absolute atomic E-state index is 0.0867. The molecule has 2 aromatic rings. The first kappa shape index (κ1) is 12.8. The van der Waals surface area contributed by atoms with Crippen LogP contribution >= 0.6 is 0 Å². The van der Waals surface area contributed by atoms with Crippen LogP contribution in [0.1, 0.15) is 11.3 Å². The van der Waals surface area contributed by atoms with Crippen molar-refractivity contribution >= 4 is 11.4 Å². The molecule has 2 N–H and O–H groups in total. The van der Waals surface area contributed by atoms with Crippen LogP contribution in [0.25, 0.3) is 0 Å². The average Bonchev–Trinajstić information content (AvgIpc) is 2.39. The summed E-state index contributed by atoms with van der Waals surface area (Å²) in [5.74, 6) is 0.106. The van der Waals surface area contributed by atoms with Gasteiger partial charge in [0.2, 0.25) is 0 Å². The highest BCUT2D eigenvalue weighted by molar-refractivity contribution is 5.54. The van der Waals surface area contributed by atoms with Gasteiger partial charge < -0.3 is 10.4 Å². The van der Waals surface area contributed by atoms with Crippen LogP contribution in [-0.2, 0) is 6.54 Å². The van der Waals surface area contributed by atoms with E-state index in [1.165, 1.54) is 12.3 Å². The summed E-state index contributed by atoms with van der Waals surface area (Å²) >= 11 is 0. The van der Waals surface area contributed by atoms with Gasteiger partial charge in [-0.05, 0) is 25.1 Å². The van der Waals surface area contributed by atoms with Crippen LogP contribution in [0.15, 0.2) is 36.5 Å². The van der Waals surface area contributed by atoms with E-state index in [-0.39, 0.29) is 11.4 Å². The molecule has 6 heteroatoms. The number of pyridine rings is 1. The second kappa shape index (κ2) is 5.34. The van der Waals surface area contributed by atoms with Crippen LogP contribution in [0.2, 0.25) is 0 Å². The summed E-state index contributed by atoms with van der Waals surface area (Å²) in [6, 6.07) is 8.20. The largest absolute Gasteiger partial charge is 0.506 e. The third-order valence-electron chi connectivity index (χ3n) is 2.69. The summed E-state index contributed by atoms with van der Waals surface area (Å²) in [5, 5.41) is 23.0. The number of nitrogens with zero attached hydrogens (tertiary/aromatic N) is 2. The fourth-order valence-electron chi connectivity index (χ4n) is 1.63. The molecule has 1 aromatic carbocycles. The van der Waals surface area contributed by atoms with Gasteiger partial charge in [0.05, 0.1) is 23.4 Å². The van der Waals surface area contributed by atoms with Crippen molar-refractivity contribution in [2.45, 2.75) is 13.5 Å². The van der Waals surface area contributed by atoms with Crippen molar-refractivity contribution < 1.29 is 10.0 Å². The van der Waals surface area contributed by atoms with Gasteiger partial charge in [-0.15, -0.1) is 0 Å². The molecule has 1 heterocycles. The van der Waals surface area contributed by atoms with E-state index in [1.54, 1.807) is 31.2 Å². The number of aromatic nitrogens is 1. The fourth-order valence-corrected chi connectivity index (χ4v) is 1.63. The Hall–Kier alpha value is -2.63. The molecule has 2 rings (SSSR count). The molecule has 0 saturated carbocycles. The molecule has 19 heavy (non-hydrogen) atoms. The lowest BCUT2D eigenvalue weighted by Gasteiger charge is -2.07. The minimum Gasteiger partial charge on any atom is -0.506 e. The molecular formula is C13H13N3O3. The Bertz CT molecular complexity index is 597. The molecular weight excluding hydrogens is 246 g/mol. The van der Waals surface area contributed by atoms with Gasteiger partial charge in [0.15, 0.2) is 0 Å². The smallest absolute Gasteiger partial charge is 0.274 e. The fraction of sp³-hybridized carbons (Fsp3) is 0.154. The summed E-state index contributed by atoms with van der Waals surface area (Å²) in [6.07, 6.45) is 1.36. The first-order chi connectivity index (χ1) is 9.06. The minimum atomic E-state index is -0.403. The van der Waals surface area contributed by atoms with E-state index in [1.807, 2.05) is 0 Å². The average molecular weight is 259 g/mol. The Morgan fingerprint density at radius 1 is 1.37 bits per heavy atom. The summed E-state index contributed by atoms with van der Waals surface area (Å²) in [5.41, 5.74) is 2.11. The maximum Gasteiger partial charge on any atom is 0.274 e.